The molecule has 0 rings (SSSR count). The number of carbonyl (C=O) groups is 1. The topological polar surface area (TPSA) is 29.1 Å². The quantitative estimate of drug-likeness (QED) is 0.623. The van der Waals surface area contributed by atoms with Crippen LogP contribution in [0.1, 0.15) is 6.92 Å². The van der Waals surface area contributed by atoms with Gasteiger partial charge in [-0.25, -0.2) is 0 Å². The van der Waals surface area contributed by atoms with Crippen LogP contribution < -0.4 is 5.32 Å². The predicted octanol–water partition coefficient (Wildman–Crippen LogP) is 2.87. The molecule has 1 atom stereocenters. The summed E-state index contributed by atoms with van der Waals surface area (Å²) in [6.07, 6.45) is -11.3. The van der Waals surface area contributed by atoms with E-state index in [-0.39, 0.29) is 12.5 Å². The van der Waals surface area contributed by atoms with E-state index >= 15 is 0 Å². The molecular formula is C8H10BrF6NO. The highest BCUT2D eigenvalue weighted by Gasteiger charge is 2.60. The van der Waals surface area contributed by atoms with Crippen molar-refractivity contribution in [2.75, 3.05) is 11.9 Å². The maximum Gasteiger partial charge on any atom is 0.409 e. The summed E-state index contributed by atoms with van der Waals surface area (Å²) in [5.74, 6) is -6.31. The number of hydrogen-bond acceptors (Lipinski definition) is 1. The zero-order valence-corrected chi connectivity index (χ0v) is 10.2. The molecule has 0 aliphatic rings. The Labute approximate surface area is 102 Å². The zero-order chi connectivity index (χ0) is 13.9. The number of hydrogen-bond donors (Lipinski definition) is 1. The third-order valence-corrected chi connectivity index (χ3v) is 2.91. The van der Waals surface area contributed by atoms with Gasteiger partial charge in [0.05, 0.1) is 0 Å². The first kappa shape index (κ1) is 16.5. The SMILES string of the molecule is CC(CBr)CNC(=O)C(C(F)(F)F)C(F)(F)F. The Balaban J connectivity index is 4.69. The molecule has 1 unspecified atom stereocenters. The first-order chi connectivity index (χ1) is 7.50. The molecule has 0 spiro atoms. The molecule has 0 heterocycles. The largest absolute Gasteiger partial charge is 0.409 e. The molecule has 0 fully saturated rings. The highest BCUT2D eigenvalue weighted by atomic mass is 79.9. The molecule has 0 bridgehead atoms. The van der Waals surface area contributed by atoms with Crippen LogP contribution in [0.5, 0.6) is 0 Å². The van der Waals surface area contributed by atoms with Crippen LogP contribution in [-0.4, -0.2) is 30.1 Å². The van der Waals surface area contributed by atoms with Gasteiger partial charge in [-0.05, 0) is 5.92 Å². The standard InChI is InChI=1S/C8H10BrF6NO/c1-4(2-9)3-16-6(17)5(7(10,11)12)8(13,14)15/h4-5H,2-3H2,1H3,(H,16,17). The maximum absolute atomic E-state index is 12.1. The van der Waals surface area contributed by atoms with Gasteiger partial charge in [-0.3, -0.25) is 4.79 Å². The van der Waals surface area contributed by atoms with Crippen molar-refractivity contribution in [1.82, 2.24) is 5.32 Å². The Hall–Kier alpha value is -0.470. The molecule has 1 N–H and O–H groups in total. The van der Waals surface area contributed by atoms with Crippen LogP contribution in [0.25, 0.3) is 0 Å². The lowest BCUT2D eigenvalue weighted by molar-refractivity contribution is -0.274. The van der Waals surface area contributed by atoms with Gasteiger partial charge >= 0.3 is 12.4 Å². The molecule has 2 nitrogen and oxygen atoms in total. The minimum Gasteiger partial charge on any atom is -0.355 e. The second-order valence-electron chi connectivity index (χ2n) is 3.52. The van der Waals surface area contributed by atoms with Gasteiger partial charge in [-0.15, -0.1) is 0 Å². The lowest BCUT2D eigenvalue weighted by Crippen LogP contribution is -2.48. The van der Waals surface area contributed by atoms with Crippen LogP contribution in [0.2, 0.25) is 0 Å². The highest BCUT2D eigenvalue weighted by molar-refractivity contribution is 9.09. The van der Waals surface area contributed by atoms with E-state index in [1.807, 2.05) is 0 Å². The Bertz CT molecular complexity index is 250. The second kappa shape index (κ2) is 5.92. The van der Waals surface area contributed by atoms with Gasteiger partial charge in [-0.1, -0.05) is 22.9 Å². The van der Waals surface area contributed by atoms with E-state index in [0.717, 1.165) is 0 Å². The van der Waals surface area contributed by atoms with Gasteiger partial charge in [0.25, 0.3) is 0 Å². The summed E-state index contributed by atoms with van der Waals surface area (Å²) in [6.45, 7) is 1.30. The average Bonchev–Trinajstić information content (AvgIpc) is 2.09. The molecule has 0 aliphatic carbocycles. The minimum absolute atomic E-state index is 0.257. The summed E-state index contributed by atoms with van der Waals surface area (Å²) in [6, 6.07) is 0. The summed E-state index contributed by atoms with van der Waals surface area (Å²) in [7, 11) is 0. The van der Waals surface area contributed by atoms with Crippen molar-refractivity contribution in [1.29, 1.82) is 0 Å². The van der Waals surface area contributed by atoms with Crippen LogP contribution in [-0.2, 0) is 4.79 Å². The normalized spacial score (nSPS) is 14.9. The first-order valence-corrected chi connectivity index (χ1v) is 5.59. The third-order valence-electron chi connectivity index (χ3n) is 1.81. The zero-order valence-electron chi connectivity index (χ0n) is 8.62. The fourth-order valence-electron chi connectivity index (χ4n) is 0.914. The summed E-state index contributed by atoms with van der Waals surface area (Å²) >= 11 is 2.99. The van der Waals surface area contributed by atoms with E-state index in [2.05, 4.69) is 15.9 Å². The molecule has 102 valence electrons. The number of amides is 1. The van der Waals surface area contributed by atoms with E-state index in [1.165, 1.54) is 0 Å². The highest BCUT2D eigenvalue weighted by Crippen LogP contribution is 2.39. The molecular weight excluding hydrogens is 320 g/mol. The Morgan fingerprint density at radius 3 is 1.88 bits per heavy atom. The predicted molar refractivity (Wildman–Crippen MR) is 51.6 cm³/mol. The monoisotopic (exact) mass is 329 g/mol. The van der Waals surface area contributed by atoms with Crippen molar-refractivity contribution in [3.05, 3.63) is 0 Å². The fraction of sp³-hybridized carbons (Fsp3) is 0.875. The van der Waals surface area contributed by atoms with Crippen LogP contribution in [0.3, 0.4) is 0 Å². The molecule has 0 saturated carbocycles. The van der Waals surface area contributed by atoms with Crippen molar-refractivity contribution >= 4 is 21.8 Å². The van der Waals surface area contributed by atoms with Gasteiger partial charge in [0, 0.05) is 11.9 Å². The van der Waals surface area contributed by atoms with E-state index in [4.69, 9.17) is 0 Å². The van der Waals surface area contributed by atoms with Crippen LogP contribution in [0, 0.1) is 11.8 Å². The molecule has 0 aromatic rings. The van der Waals surface area contributed by atoms with Crippen molar-refractivity contribution in [3.8, 4) is 0 Å². The molecule has 0 aromatic heterocycles. The van der Waals surface area contributed by atoms with E-state index in [9.17, 15) is 31.1 Å². The van der Waals surface area contributed by atoms with Gasteiger partial charge < -0.3 is 5.32 Å². The van der Waals surface area contributed by atoms with Crippen molar-refractivity contribution in [2.45, 2.75) is 19.3 Å². The Kier molecular flexibility index (Phi) is 5.76. The van der Waals surface area contributed by atoms with Gasteiger partial charge in [0.1, 0.15) is 0 Å². The number of nitrogens with one attached hydrogen (secondary N) is 1. The smallest absolute Gasteiger partial charge is 0.355 e. The van der Waals surface area contributed by atoms with Gasteiger partial charge in [0.2, 0.25) is 11.8 Å². The maximum atomic E-state index is 12.1. The van der Waals surface area contributed by atoms with Crippen LogP contribution >= 0.6 is 15.9 Å². The number of carbonyl (C=O) groups excluding carboxylic acids is 1. The molecule has 0 saturated heterocycles. The summed E-state index contributed by atoms with van der Waals surface area (Å²) in [5.41, 5.74) is 0. The van der Waals surface area contributed by atoms with Gasteiger partial charge in [0.15, 0.2) is 0 Å². The average molecular weight is 330 g/mol. The third kappa shape index (κ3) is 5.60. The van der Waals surface area contributed by atoms with E-state index in [0.29, 0.717) is 5.33 Å². The number of halogens is 7. The molecule has 0 aliphatic heterocycles. The lowest BCUT2D eigenvalue weighted by Gasteiger charge is -2.22. The summed E-state index contributed by atoms with van der Waals surface area (Å²) in [4.78, 5) is 10.9. The van der Waals surface area contributed by atoms with Crippen molar-refractivity contribution in [2.24, 2.45) is 11.8 Å². The summed E-state index contributed by atoms with van der Waals surface area (Å²) in [5, 5.41) is 1.99. The molecule has 17 heavy (non-hydrogen) atoms. The van der Waals surface area contributed by atoms with Crippen molar-refractivity contribution in [3.63, 3.8) is 0 Å². The van der Waals surface area contributed by atoms with E-state index in [1.54, 1.807) is 12.2 Å². The minimum atomic E-state index is -5.64. The summed E-state index contributed by atoms with van der Waals surface area (Å²) < 4.78 is 72.5. The Morgan fingerprint density at radius 1 is 1.18 bits per heavy atom. The van der Waals surface area contributed by atoms with Crippen LogP contribution in [0.4, 0.5) is 26.3 Å². The van der Waals surface area contributed by atoms with Crippen molar-refractivity contribution < 1.29 is 31.1 Å². The number of alkyl halides is 7. The number of rotatable bonds is 4. The van der Waals surface area contributed by atoms with Gasteiger partial charge in [-0.2, -0.15) is 26.3 Å². The first-order valence-electron chi connectivity index (χ1n) is 4.47. The molecule has 9 heteroatoms. The Morgan fingerprint density at radius 2 is 1.59 bits per heavy atom. The second-order valence-corrected chi connectivity index (χ2v) is 4.17. The lowest BCUT2D eigenvalue weighted by atomic mass is 10.1. The molecule has 1 amide bonds. The molecule has 0 aromatic carbocycles. The van der Waals surface area contributed by atoms with Crippen LogP contribution in [0.15, 0.2) is 0 Å². The fourth-order valence-corrected chi connectivity index (χ4v) is 1.14. The van der Waals surface area contributed by atoms with E-state index < -0.39 is 24.2 Å². The molecule has 0 radical (unpaired) electrons.